The molecule has 0 spiro atoms. The summed E-state index contributed by atoms with van der Waals surface area (Å²) in [6.45, 7) is 0.444. The fourth-order valence-corrected chi connectivity index (χ4v) is 4.07. The van der Waals surface area contributed by atoms with Crippen LogP contribution in [0.15, 0.2) is 47.2 Å². The number of nitrogens with one attached hydrogen (secondary N) is 1. The van der Waals surface area contributed by atoms with Gasteiger partial charge in [-0.1, -0.05) is 12.1 Å². The van der Waals surface area contributed by atoms with Crippen molar-refractivity contribution in [3.63, 3.8) is 0 Å². The van der Waals surface area contributed by atoms with Crippen LogP contribution in [0.4, 0.5) is 0 Å². The summed E-state index contributed by atoms with van der Waals surface area (Å²) in [5.41, 5.74) is 0. The molecule has 0 aliphatic rings. The lowest BCUT2D eigenvalue weighted by atomic mass is 10.3. The van der Waals surface area contributed by atoms with Crippen LogP contribution < -0.4 is 5.32 Å². The zero-order chi connectivity index (χ0) is 14.7. The molecule has 21 heavy (non-hydrogen) atoms. The van der Waals surface area contributed by atoms with E-state index in [1.54, 1.807) is 6.07 Å². The monoisotopic (exact) mass is 333 g/mol. The Kier molecular flexibility index (Phi) is 4.28. The van der Waals surface area contributed by atoms with Crippen molar-refractivity contribution >= 4 is 45.7 Å². The van der Waals surface area contributed by atoms with E-state index in [-0.39, 0.29) is 11.7 Å². The van der Waals surface area contributed by atoms with E-state index in [1.165, 1.54) is 34.0 Å². The van der Waals surface area contributed by atoms with Crippen LogP contribution in [-0.2, 0) is 6.54 Å². The Morgan fingerprint density at radius 1 is 0.905 bits per heavy atom. The first-order chi connectivity index (χ1) is 10.2. The van der Waals surface area contributed by atoms with E-state index >= 15 is 0 Å². The summed E-state index contributed by atoms with van der Waals surface area (Å²) in [5, 5.41) is 6.63. The smallest absolute Gasteiger partial charge is 0.261 e. The van der Waals surface area contributed by atoms with Gasteiger partial charge in [-0.25, -0.2) is 0 Å². The average molecular weight is 333 g/mol. The highest BCUT2D eigenvalue weighted by Crippen LogP contribution is 2.22. The maximum atomic E-state index is 12.2. The largest absolute Gasteiger partial charge is 0.346 e. The van der Waals surface area contributed by atoms with Gasteiger partial charge in [-0.05, 0) is 35.0 Å². The van der Waals surface area contributed by atoms with Crippen molar-refractivity contribution in [1.29, 1.82) is 0 Å². The molecular formula is C15H11NO2S3. The second-order valence-corrected chi connectivity index (χ2v) is 7.30. The fraction of sp³-hybridized carbons (Fsp3) is 0.0667. The Balaban J connectivity index is 1.63. The third-order valence-electron chi connectivity index (χ3n) is 2.80. The van der Waals surface area contributed by atoms with Gasteiger partial charge in [-0.3, -0.25) is 9.59 Å². The van der Waals surface area contributed by atoms with E-state index in [4.69, 9.17) is 0 Å². The maximum Gasteiger partial charge on any atom is 0.261 e. The molecule has 0 saturated heterocycles. The predicted octanol–water partition coefficient (Wildman–Crippen LogP) is 4.03. The standard InChI is InChI=1S/C15H11NO2S3/c17-14(11-3-1-7-19-11)12-6-5-10(21-12)9-16-15(18)13-4-2-8-20-13/h1-8H,9H2,(H,16,18). The Morgan fingerprint density at radius 3 is 2.29 bits per heavy atom. The van der Waals surface area contributed by atoms with Gasteiger partial charge >= 0.3 is 0 Å². The summed E-state index contributed by atoms with van der Waals surface area (Å²) in [4.78, 5) is 27.1. The highest BCUT2D eigenvalue weighted by atomic mass is 32.1. The van der Waals surface area contributed by atoms with Gasteiger partial charge in [0.2, 0.25) is 5.78 Å². The molecule has 3 rings (SSSR count). The normalized spacial score (nSPS) is 10.5. The van der Waals surface area contributed by atoms with Crippen molar-refractivity contribution in [3.8, 4) is 0 Å². The molecule has 106 valence electrons. The first kappa shape index (κ1) is 14.2. The van der Waals surface area contributed by atoms with E-state index in [2.05, 4.69) is 5.32 Å². The molecule has 6 heteroatoms. The number of amides is 1. The number of thiophene rings is 3. The van der Waals surface area contributed by atoms with Gasteiger partial charge in [0, 0.05) is 4.88 Å². The lowest BCUT2D eigenvalue weighted by Gasteiger charge is -2.00. The number of carbonyl (C=O) groups excluding carboxylic acids is 2. The molecule has 0 aromatic carbocycles. The lowest BCUT2D eigenvalue weighted by molar-refractivity contribution is 0.0954. The highest BCUT2D eigenvalue weighted by molar-refractivity contribution is 7.16. The van der Waals surface area contributed by atoms with Crippen LogP contribution in [0.3, 0.4) is 0 Å². The van der Waals surface area contributed by atoms with Gasteiger partial charge in [0.25, 0.3) is 5.91 Å². The van der Waals surface area contributed by atoms with E-state index in [0.29, 0.717) is 16.3 Å². The zero-order valence-electron chi connectivity index (χ0n) is 10.9. The minimum atomic E-state index is -0.0791. The SMILES string of the molecule is O=C(NCc1ccc(C(=O)c2cccs2)s1)c1cccs1. The summed E-state index contributed by atoms with van der Waals surface area (Å²) >= 11 is 4.28. The average Bonchev–Trinajstić information content (AvgIpc) is 3.26. The lowest BCUT2D eigenvalue weighted by Crippen LogP contribution is -2.21. The fourth-order valence-electron chi connectivity index (χ4n) is 1.79. The maximum absolute atomic E-state index is 12.2. The molecule has 0 atom stereocenters. The molecule has 1 N–H and O–H groups in total. The second kappa shape index (κ2) is 6.34. The third kappa shape index (κ3) is 3.29. The van der Waals surface area contributed by atoms with Gasteiger partial charge < -0.3 is 5.32 Å². The van der Waals surface area contributed by atoms with Crippen LogP contribution >= 0.6 is 34.0 Å². The van der Waals surface area contributed by atoms with E-state index in [1.807, 2.05) is 41.1 Å². The molecule has 3 aromatic heterocycles. The van der Waals surface area contributed by atoms with E-state index < -0.39 is 0 Å². The van der Waals surface area contributed by atoms with Crippen LogP contribution in [0, 0.1) is 0 Å². The van der Waals surface area contributed by atoms with Gasteiger partial charge in [0.15, 0.2) is 0 Å². The van der Waals surface area contributed by atoms with Crippen LogP contribution in [0.5, 0.6) is 0 Å². The number of hydrogen-bond donors (Lipinski definition) is 1. The molecule has 3 aromatic rings. The van der Waals surface area contributed by atoms with Crippen LogP contribution in [-0.4, -0.2) is 11.7 Å². The van der Waals surface area contributed by atoms with Crippen molar-refractivity contribution in [2.45, 2.75) is 6.54 Å². The summed E-state index contributed by atoms with van der Waals surface area (Å²) < 4.78 is 0. The van der Waals surface area contributed by atoms with Gasteiger partial charge in [0.1, 0.15) is 0 Å². The van der Waals surface area contributed by atoms with Gasteiger partial charge in [-0.15, -0.1) is 34.0 Å². The van der Waals surface area contributed by atoms with Crippen LogP contribution in [0.1, 0.15) is 29.1 Å². The topological polar surface area (TPSA) is 46.2 Å². The minimum absolute atomic E-state index is 0.0471. The molecule has 0 radical (unpaired) electrons. The molecule has 1 amide bonds. The number of hydrogen-bond acceptors (Lipinski definition) is 5. The molecule has 0 unspecified atom stereocenters. The third-order valence-corrected chi connectivity index (χ3v) is 5.62. The first-order valence-corrected chi connectivity index (χ1v) is 8.80. The van der Waals surface area contributed by atoms with Crippen molar-refractivity contribution in [2.75, 3.05) is 0 Å². The van der Waals surface area contributed by atoms with E-state index in [9.17, 15) is 9.59 Å². The summed E-state index contributed by atoms with van der Waals surface area (Å²) in [7, 11) is 0. The first-order valence-electron chi connectivity index (χ1n) is 6.22. The summed E-state index contributed by atoms with van der Waals surface area (Å²) in [6.07, 6.45) is 0. The quantitative estimate of drug-likeness (QED) is 0.717. The Hall–Kier alpha value is -1.76. The molecule has 0 aliphatic heterocycles. The van der Waals surface area contributed by atoms with Gasteiger partial charge in [-0.2, -0.15) is 0 Å². The van der Waals surface area contributed by atoms with Crippen molar-refractivity contribution < 1.29 is 9.59 Å². The Bertz CT molecular complexity index is 742. The van der Waals surface area contributed by atoms with Crippen LogP contribution in [0.2, 0.25) is 0 Å². The zero-order valence-corrected chi connectivity index (χ0v) is 13.3. The van der Waals surface area contributed by atoms with Crippen molar-refractivity contribution in [1.82, 2.24) is 5.32 Å². The number of carbonyl (C=O) groups is 2. The Labute approximate surface area is 133 Å². The minimum Gasteiger partial charge on any atom is -0.346 e. The molecule has 3 heterocycles. The molecule has 0 fully saturated rings. The second-order valence-electron chi connectivity index (χ2n) is 4.23. The summed E-state index contributed by atoms with van der Waals surface area (Å²) in [5.74, 6) is -0.0321. The summed E-state index contributed by atoms with van der Waals surface area (Å²) in [6, 6.07) is 11.0. The highest BCUT2D eigenvalue weighted by Gasteiger charge is 2.13. The molecule has 3 nitrogen and oxygen atoms in total. The number of rotatable bonds is 5. The molecule has 0 aliphatic carbocycles. The molecule has 0 bridgehead atoms. The van der Waals surface area contributed by atoms with E-state index in [0.717, 1.165) is 9.75 Å². The predicted molar refractivity (Wildman–Crippen MR) is 87.6 cm³/mol. The van der Waals surface area contributed by atoms with Crippen molar-refractivity contribution in [3.05, 3.63) is 66.7 Å². The van der Waals surface area contributed by atoms with Crippen LogP contribution in [0.25, 0.3) is 0 Å². The molecular weight excluding hydrogens is 322 g/mol. The number of ketones is 1. The molecule has 0 saturated carbocycles. The van der Waals surface area contributed by atoms with Gasteiger partial charge in [0.05, 0.1) is 21.2 Å². The van der Waals surface area contributed by atoms with Crippen molar-refractivity contribution in [2.24, 2.45) is 0 Å². The Morgan fingerprint density at radius 2 is 1.62 bits per heavy atom.